The highest BCUT2D eigenvalue weighted by Crippen LogP contribution is 2.23. The van der Waals surface area contributed by atoms with E-state index in [4.69, 9.17) is 6.42 Å². The van der Waals surface area contributed by atoms with Gasteiger partial charge in [-0.2, -0.15) is 4.31 Å². The second-order valence-corrected chi connectivity index (χ2v) is 7.88. The van der Waals surface area contributed by atoms with Crippen molar-refractivity contribution in [3.63, 3.8) is 0 Å². The molecule has 1 aliphatic rings. The molecule has 0 spiro atoms. The van der Waals surface area contributed by atoms with Gasteiger partial charge in [-0.15, -0.1) is 30.4 Å². The number of hydrogen-bond acceptors (Lipinski definition) is 3. The predicted molar refractivity (Wildman–Crippen MR) is 116 cm³/mol. The minimum atomic E-state index is -3.39. The van der Waals surface area contributed by atoms with Crippen molar-refractivity contribution in [2.24, 2.45) is 10.9 Å². The van der Waals surface area contributed by atoms with Gasteiger partial charge in [0.05, 0.1) is 11.4 Å². The fourth-order valence-corrected chi connectivity index (χ4v) is 4.26. The standard InChI is InChI=1S/C18H26N4O2S.HI/c1-3-12-20-18(19-4-2)21-15-16-10-13-22(14-11-16)25(23,24)17-8-6-5-7-9-17;/h1,5-9,16H,4,10-15H2,2H3,(H2,19,20,21);1H. The fraction of sp³-hybridized carbons (Fsp3) is 0.500. The second-order valence-electron chi connectivity index (χ2n) is 5.94. The Hall–Kier alpha value is -1.31. The number of piperidine rings is 1. The third kappa shape index (κ3) is 6.45. The van der Waals surface area contributed by atoms with Gasteiger partial charge in [-0.05, 0) is 37.8 Å². The molecule has 2 rings (SSSR count). The van der Waals surface area contributed by atoms with Crippen LogP contribution in [0, 0.1) is 18.3 Å². The number of terminal acetylenes is 1. The molecule has 0 bridgehead atoms. The molecule has 26 heavy (non-hydrogen) atoms. The largest absolute Gasteiger partial charge is 0.357 e. The van der Waals surface area contributed by atoms with Gasteiger partial charge in [-0.25, -0.2) is 8.42 Å². The molecule has 0 aliphatic carbocycles. The highest BCUT2D eigenvalue weighted by molar-refractivity contribution is 14.0. The minimum Gasteiger partial charge on any atom is -0.357 e. The molecule has 0 atom stereocenters. The Labute approximate surface area is 173 Å². The van der Waals surface area contributed by atoms with Gasteiger partial charge >= 0.3 is 0 Å². The lowest BCUT2D eigenvalue weighted by Crippen LogP contribution is -2.40. The smallest absolute Gasteiger partial charge is 0.243 e. The van der Waals surface area contributed by atoms with Crippen LogP contribution in [-0.4, -0.2) is 51.4 Å². The molecular formula is C18H27IN4O2S. The van der Waals surface area contributed by atoms with Crippen molar-refractivity contribution in [3.05, 3.63) is 30.3 Å². The minimum absolute atomic E-state index is 0. The molecule has 0 aromatic heterocycles. The van der Waals surface area contributed by atoms with E-state index in [2.05, 4.69) is 21.5 Å². The van der Waals surface area contributed by atoms with E-state index >= 15 is 0 Å². The molecule has 0 saturated carbocycles. The highest BCUT2D eigenvalue weighted by Gasteiger charge is 2.29. The van der Waals surface area contributed by atoms with E-state index in [-0.39, 0.29) is 24.0 Å². The number of guanidine groups is 1. The quantitative estimate of drug-likeness (QED) is 0.277. The van der Waals surface area contributed by atoms with Crippen molar-refractivity contribution in [2.75, 3.05) is 32.7 Å². The van der Waals surface area contributed by atoms with Gasteiger partial charge in [-0.3, -0.25) is 4.99 Å². The number of sulfonamides is 1. The highest BCUT2D eigenvalue weighted by atomic mass is 127. The summed E-state index contributed by atoms with van der Waals surface area (Å²) in [5, 5.41) is 6.21. The number of benzene rings is 1. The number of hydrogen-bond donors (Lipinski definition) is 2. The van der Waals surface area contributed by atoms with E-state index in [9.17, 15) is 8.42 Å². The van der Waals surface area contributed by atoms with Crippen molar-refractivity contribution < 1.29 is 8.42 Å². The van der Waals surface area contributed by atoms with Crippen molar-refractivity contribution in [3.8, 4) is 12.3 Å². The molecule has 8 heteroatoms. The van der Waals surface area contributed by atoms with Gasteiger partial charge in [0.15, 0.2) is 5.96 Å². The van der Waals surface area contributed by atoms with Crippen LogP contribution in [0.2, 0.25) is 0 Å². The molecule has 0 amide bonds. The number of rotatable bonds is 6. The van der Waals surface area contributed by atoms with Crippen LogP contribution in [-0.2, 0) is 10.0 Å². The zero-order valence-electron chi connectivity index (χ0n) is 15.0. The summed E-state index contributed by atoms with van der Waals surface area (Å²) in [6, 6.07) is 8.61. The summed E-state index contributed by atoms with van der Waals surface area (Å²) in [5.41, 5.74) is 0. The molecule has 0 unspecified atom stereocenters. The van der Waals surface area contributed by atoms with E-state index in [0.717, 1.165) is 19.4 Å². The van der Waals surface area contributed by atoms with E-state index in [1.807, 2.05) is 13.0 Å². The molecule has 1 saturated heterocycles. The van der Waals surface area contributed by atoms with E-state index < -0.39 is 10.0 Å². The van der Waals surface area contributed by atoms with Crippen LogP contribution in [0.4, 0.5) is 0 Å². The maximum atomic E-state index is 12.6. The van der Waals surface area contributed by atoms with E-state index in [0.29, 0.717) is 43.0 Å². The Morgan fingerprint density at radius 2 is 1.92 bits per heavy atom. The Bertz CT molecular complexity index is 708. The van der Waals surface area contributed by atoms with Crippen molar-refractivity contribution in [1.82, 2.24) is 14.9 Å². The van der Waals surface area contributed by atoms with Gasteiger partial charge in [0.1, 0.15) is 0 Å². The third-order valence-electron chi connectivity index (χ3n) is 4.16. The lowest BCUT2D eigenvalue weighted by Gasteiger charge is -2.30. The first-order chi connectivity index (χ1) is 12.1. The first-order valence-corrected chi connectivity index (χ1v) is 10.0. The topological polar surface area (TPSA) is 73.8 Å². The molecule has 1 heterocycles. The van der Waals surface area contributed by atoms with Gasteiger partial charge in [0, 0.05) is 26.2 Å². The maximum absolute atomic E-state index is 12.6. The first-order valence-electron chi connectivity index (χ1n) is 8.58. The fourth-order valence-electron chi connectivity index (χ4n) is 2.77. The zero-order valence-corrected chi connectivity index (χ0v) is 18.2. The third-order valence-corrected chi connectivity index (χ3v) is 6.08. The molecule has 1 aliphatic heterocycles. The van der Waals surface area contributed by atoms with Crippen LogP contribution in [0.5, 0.6) is 0 Å². The summed E-state index contributed by atoms with van der Waals surface area (Å²) in [4.78, 5) is 4.91. The SMILES string of the molecule is C#CCNC(=NCC1CCN(S(=O)(=O)c2ccccc2)CC1)NCC.I. The summed E-state index contributed by atoms with van der Waals surface area (Å²) in [6.45, 7) is 4.93. The van der Waals surface area contributed by atoms with E-state index in [1.165, 1.54) is 0 Å². The van der Waals surface area contributed by atoms with Crippen molar-refractivity contribution in [2.45, 2.75) is 24.7 Å². The molecule has 1 aromatic rings. The molecule has 144 valence electrons. The molecule has 1 aromatic carbocycles. The van der Waals surface area contributed by atoms with Gasteiger partial charge < -0.3 is 10.6 Å². The van der Waals surface area contributed by atoms with Crippen LogP contribution in [0.3, 0.4) is 0 Å². The van der Waals surface area contributed by atoms with Crippen LogP contribution >= 0.6 is 24.0 Å². The average molecular weight is 490 g/mol. The normalized spacial score (nSPS) is 16.4. The summed E-state index contributed by atoms with van der Waals surface area (Å²) >= 11 is 0. The second kappa shape index (κ2) is 11.4. The zero-order chi connectivity index (χ0) is 18.1. The van der Waals surface area contributed by atoms with Gasteiger partial charge in [0.2, 0.25) is 10.0 Å². The molecular weight excluding hydrogens is 463 g/mol. The molecule has 2 N–H and O–H groups in total. The molecule has 1 fully saturated rings. The average Bonchev–Trinajstić information content (AvgIpc) is 2.65. The molecule has 0 radical (unpaired) electrons. The van der Waals surface area contributed by atoms with Crippen molar-refractivity contribution in [1.29, 1.82) is 0 Å². The van der Waals surface area contributed by atoms with Crippen LogP contribution in [0.15, 0.2) is 40.2 Å². The lowest BCUT2D eigenvalue weighted by molar-refractivity contribution is 0.278. The predicted octanol–water partition coefficient (Wildman–Crippen LogP) is 1.89. The number of nitrogens with zero attached hydrogens (tertiary/aromatic N) is 2. The number of aliphatic imine (C=N–C) groups is 1. The Morgan fingerprint density at radius 1 is 1.27 bits per heavy atom. The number of halogens is 1. The summed E-state index contributed by atoms with van der Waals surface area (Å²) in [7, 11) is -3.39. The summed E-state index contributed by atoms with van der Waals surface area (Å²) in [6.07, 6.45) is 6.88. The van der Waals surface area contributed by atoms with Crippen LogP contribution in [0.1, 0.15) is 19.8 Å². The summed E-state index contributed by atoms with van der Waals surface area (Å²) < 4.78 is 26.8. The Kier molecular flexibility index (Phi) is 9.98. The Balaban J connectivity index is 0.00000338. The van der Waals surface area contributed by atoms with Gasteiger partial charge in [0.25, 0.3) is 0 Å². The molecule has 6 nitrogen and oxygen atoms in total. The van der Waals surface area contributed by atoms with Gasteiger partial charge in [-0.1, -0.05) is 24.1 Å². The van der Waals surface area contributed by atoms with Crippen LogP contribution in [0.25, 0.3) is 0 Å². The van der Waals surface area contributed by atoms with E-state index in [1.54, 1.807) is 28.6 Å². The lowest BCUT2D eigenvalue weighted by atomic mass is 9.98. The summed E-state index contributed by atoms with van der Waals surface area (Å²) in [5.74, 6) is 3.61. The first kappa shape index (κ1) is 22.7. The maximum Gasteiger partial charge on any atom is 0.243 e. The Morgan fingerprint density at radius 3 is 2.50 bits per heavy atom. The van der Waals surface area contributed by atoms with Crippen molar-refractivity contribution >= 4 is 40.0 Å². The van der Waals surface area contributed by atoms with Crippen LogP contribution < -0.4 is 10.6 Å². The monoisotopic (exact) mass is 490 g/mol. The number of nitrogens with one attached hydrogen (secondary N) is 2.